The summed E-state index contributed by atoms with van der Waals surface area (Å²) in [5.74, 6) is 0.129. The van der Waals surface area contributed by atoms with Crippen LogP contribution in [0.5, 0.6) is 5.75 Å². The minimum absolute atomic E-state index is 0.151. The van der Waals surface area contributed by atoms with Crippen LogP contribution in [-0.2, 0) is 17.8 Å². The molecule has 5 heteroatoms. The van der Waals surface area contributed by atoms with Gasteiger partial charge in [-0.2, -0.15) is 0 Å². The van der Waals surface area contributed by atoms with Gasteiger partial charge in [0.15, 0.2) is 0 Å². The molecule has 3 aromatic carbocycles. The number of halogens is 1. The van der Waals surface area contributed by atoms with Crippen LogP contribution in [0, 0.1) is 26.6 Å². The third-order valence-electron chi connectivity index (χ3n) is 7.49. The van der Waals surface area contributed by atoms with E-state index in [0.29, 0.717) is 13.2 Å². The molecule has 1 fully saturated rings. The molecule has 2 atom stereocenters. The Morgan fingerprint density at radius 2 is 1.81 bits per heavy atom. The van der Waals surface area contributed by atoms with E-state index in [4.69, 9.17) is 4.74 Å². The Kier molecular flexibility index (Phi) is 8.42. The van der Waals surface area contributed by atoms with Gasteiger partial charge in [-0.25, -0.2) is 4.39 Å². The van der Waals surface area contributed by atoms with E-state index in [0.717, 1.165) is 54.7 Å². The number of aliphatic carboxylic acids is 1. The molecule has 4 rings (SSSR count). The third kappa shape index (κ3) is 6.33. The van der Waals surface area contributed by atoms with Gasteiger partial charge in [0.25, 0.3) is 0 Å². The normalized spacial score (nSPS) is 16.4. The number of benzene rings is 3. The number of rotatable bonds is 11. The summed E-state index contributed by atoms with van der Waals surface area (Å²) < 4.78 is 20.4. The Morgan fingerprint density at radius 1 is 1.06 bits per heavy atom. The van der Waals surface area contributed by atoms with Crippen LogP contribution in [0.15, 0.2) is 60.7 Å². The molecule has 0 aromatic heterocycles. The molecule has 4 nitrogen and oxygen atoms in total. The van der Waals surface area contributed by atoms with Crippen LogP contribution in [0.4, 0.5) is 4.39 Å². The average Bonchev–Trinajstić information content (AvgIpc) is 2.83. The molecule has 0 amide bonds. The number of aryl methyl sites for hydroxylation is 2. The number of nitrogens with zero attached hydrogens (tertiary/aromatic N) is 1. The van der Waals surface area contributed by atoms with Gasteiger partial charge in [0.1, 0.15) is 17.6 Å². The topological polar surface area (TPSA) is 49.8 Å². The minimum Gasteiger partial charge on any atom is -0.494 e. The van der Waals surface area contributed by atoms with Gasteiger partial charge in [-0.3, -0.25) is 9.69 Å². The average molecular weight is 490 g/mol. The fraction of sp³-hybridized carbons (Fsp3) is 0.387. The van der Waals surface area contributed by atoms with Crippen molar-refractivity contribution in [2.24, 2.45) is 0 Å². The summed E-state index contributed by atoms with van der Waals surface area (Å²) in [4.78, 5) is 13.2. The van der Waals surface area contributed by atoms with Gasteiger partial charge in [0.2, 0.25) is 0 Å². The molecule has 0 saturated carbocycles. The van der Waals surface area contributed by atoms with Crippen molar-refractivity contribution in [1.82, 2.24) is 4.90 Å². The highest BCUT2D eigenvalue weighted by Gasteiger charge is 2.33. The van der Waals surface area contributed by atoms with E-state index in [1.807, 2.05) is 42.2 Å². The number of carbonyl (C=O) groups is 1. The molecule has 1 saturated heterocycles. The van der Waals surface area contributed by atoms with Crippen LogP contribution in [0.3, 0.4) is 0 Å². The molecular formula is C31H36FNO3. The Morgan fingerprint density at radius 3 is 2.47 bits per heavy atom. The Labute approximate surface area is 213 Å². The van der Waals surface area contributed by atoms with Gasteiger partial charge in [0, 0.05) is 13.1 Å². The monoisotopic (exact) mass is 489 g/mol. The molecule has 1 N–H and O–H groups in total. The maximum atomic E-state index is 14.3. The first-order valence-corrected chi connectivity index (χ1v) is 12.8. The number of hydrogen-bond donors (Lipinski definition) is 1. The van der Waals surface area contributed by atoms with Crippen molar-refractivity contribution >= 4 is 5.97 Å². The lowest BCUT2D eigenvalue weighted by atomic mass is 9.85. The zero-order chi connectivity index (χ0) is 25.7. The van der Waals surface area contributed by atoms with Crippen molar-refractivity contribution < 1.29 is 19.0 Å². The van der Waals surface area contributed by atoms with Gasteiger partial charge >= 0.3 is 5.97 Å². The molecular weight excluding hydrogens is 453 g/mol. The van der Waals surface area contributed by atoms with Crippen molar-refractivity contribution in [2.75, 3.05) is 13.2 Å². The standard InChI is InChI=1S/C31H36FNO3/c1-21-9-10-25(18-22(21)2)19-26(28-7-4-8-29(32)23(28)3)6-5-17-36-27-13-11-24(12-14-27)20-33-16-15-30(33)31(34)35/h4,7-14,18,26,30H,5-6,15-17,19-20H2,1-3H3,(H,34,35). The Balaban J connectivity index is 1.34. The predicted molar refractivity (Wildman–Crippen MR) is 141 cm³/mol. The molecule has 36 heavy (non-hydrogen) atoms. The molecule has 2 unspecified atom stereocenters. The van der Waals surface area contributed by atoms with Crippen LogP contribution < -0.4 is 4.74 Å². The molecule has 1 heterocycles. The summed E-state index contributed by atoms with van der Waals surface area (Å²) in [6.45, 7) is 8.18. The number of carboxylic acid groups (broad SMARTS) is 1. The summed E-state index contributed by atoms with van der Waals surface area (Å²) in [5, 5.41) is 9.21. The van der Waals surface area contributed by atoms with E-state index < -0.39 is 5.97 Å². The van der Waals surface area contributed by atoms with Crippen LogP contribution in [0.25, 0.3) is 0 Å². The zero-order valence-corrected chi connectivity index (χ0v) is 21.5. The van der Waals surface area contributed by atoms with Gasteiger partial charge in [0.05, 0.1) is 6.61 Å². The molecule has 0 bridgehead atoms. The van der Waals surface area contributed by atoms with Gasteiger partial charge in [-0.15, -0.1) is 0 Å². The summed E-state index contributed by atoms with van der Waals surface area (Å²) in [7, 11) is 0. The molecule has 3 aromatic rings. The smallest absolute Gasteiger partial charge is 0.320 e. The first-order chi connectivity index (χ1) is 17.3. The number of ether oxygens (including phenoxy) is 1. The van der Waals surface area contributed by atoms with E-state index in [1.54, 1.807) is 0 Å². The zero-order valence-electron chi connectivity index (χ0n) is 21.5. The van der Waals surface area contributed by atoms with Gasteiger partial charge in [-0.05, 0) is 104 Å². The molecule has 0 aliphatic carbocycles. The van der Waals surface area contributed by atoms with Crippen LogP contribution in [0.2, 0.25) is 0 Å². The minimum atomic E-state index is -0.745. The predicted octanol–water partition coefficient (Wildman–Crippen LogP) is 6.60. The third-order valence-corrected chi connectivity index (χ3v) is 7.49. The van der Waals surface area contributed by atoms with E-state index in [1.165, 1.54) is 22.8 Å². The SMILES string of the molecule is Cc1ccc(CC(CCCOc2ccc(CN3CCC3C(=O)O)cc2)c2cccc(F)c2C)cc1C. The quantitative estimate of drug-likeness (QED) is 0.309. The first kappa shape index (κ1) is 25.9. The largest absolute Gasteiger partial charge is 0.494 e. The summed E-state index contributed by atoms with van der Waals surface area (Å²) in [5.41, 5.74) is 6.72. The van der Waals surface area contributed by atoms with Crippen molar-refractivity contribution in [2.45, 2.75) is 65.0 Å². The lowest BCUT2D eigenvalue weighted by Crippen LogP contribution is -2.51. The fourth-order valence-electron chi connectivity index (χ4n) is 5.00. The molecule has 0 radical (unpaired) electrons. The molecule has 1 aliphatic rings. The van der Waals surface area contributed by atoms with Crippen molar-refractivity contribution in [3.8, 4) is 5.75 Å². The maximum Gasteiger partial charge on any atom is 0.320 e. The maximum absolute atomic E-state index is 14.3. The second-order valence-corrected chi connectivity index (χ2v) is 10.0. The summed E-state index contributed by atoms with van der Waals surface area (Å²) >= 11 is 0. The lowest BCUT2D eigenvalue weighted by Gasteiger charge is -2.37. The Hall–Kier alpha value is -3.18. The Bertz CT molecular complexity index is 1190. The van der Waals surface area contributed by atoms with Crippen LogP contribution >= 0.6 is 0 Å². The number of likely N-dealkylation sites (tertiary alicyclic amines) is 1. The van der Waals surface area contributed by atoms with Gasteiger partial charge < -0.3 is 9.84 Å². The van der Waals surface area contributed by atoms with Crippen molar-refractivity contribution in [1.29, 1.82) is 0 Å². The van der Waals surface area contributed by atoms with Crippen LogP contribution in [-0.4, -0.2) is 35.2 Å². The number of hydrogen-bond acceptors (Lipinski definition) is 3. The fourth-order valence-corrected chi connectivity index (χ4v) is 5.00. The highest BCUT2D eigenvalue weighted by molar-refractivity contribution is 5.74. The van der Waals surface area contributed by atoms with E-state index >= 15 is 0 Å². The first-order valence-electron chi connectivity index (χ1n) is 12.8. The highest BCUT2D eigenvalue weighted by Crippen LogP contribution is 2.30. The molecule has 1 aliphatic heterocycles. The second-order valence-electron chi connectivity index (χ2n) is 10.0. The van der Waals surface area contributed by atoms with Crippen LogP contribution in [0.1, 0.15) is 58.6 Å². The summed E-state index contributed by atoms with van der Waals surface area (Å²) in [6, 6.07) is 19.5. The second kappa shape index (κ2) is 11.7. The van der Waals surface area contributed by atoms with Crippen molar-refractivity contribution in [3.63, 3.8) is 0 Å². The van der Waals surface area contributed by atoms with E-state index in [2.05, 4.69) is 38.1 Å². The van der Waals surface area contributed by atoms with E-state index in [9.17, 15) is 14.3 Å². The highest BCUT2D eigenvalue weighted by atomic mass is 19.1. The molecule has 190 valence electrons. The van der Waals surface area contributed by atoms with E-state index in [-0.39, 0.29) is 17.8 Å². The molecule has 0 spiro atoms. The summed E-state index contributed by atoms with van der Waals surface area (Å²) in [6.07, 6.45) is 3.35. The number of carboxylic acids is 1. The lowest BCUT2D eigenvalue weighted by molar-refractivity contribution is -0.148. The van der Waals surface area contributed by atoms with Crippen molar-refractivity contribution in [3.05, 3.63) is 99.9 Å². The van der Waals surface area contributed by atoms with Gasteiger partial charge in [-0.1, -0.05) is 42.5 Å².